The molecule has 0 saturated carbocycles. The number of carbonyl (C=O) groups excluding carboxylic acids is 1. The Bertz CT molecular complexity index is 1190. The fraction of sp³-hybridized carbons (Fsp3) is 0.300. The maximum absolute atomic E-state index is 13.3. The third-order valence-corrected chi connectivity index (χ3v) is 7.23. The van der Waals surface area contributed by atoms with Gasteiger partial charge in [-0.15, -0.1) is 0 Å². The molecule has 0 fully saturated rings. The Morgan fingerprint density at radius 2 is 1.76 bits per heavy atom. The Morgan fingerprint density at radius 1 is 1.00 bits per heavy atom. The summed E-state index contributed by atoms with van der Waals surface area (Å²) in [6, 6.07) is 21.2. The molecule has 0 bridgehead atoms. The van der Waals surface area contributed by atoms with Gasteiger partial charge in [-0.3, -0.25) is 4.79 Å². The van der Waals surface area contributed by atoms with Gasteiger partial charge in [-0.2, -0.15) is 0 Å². The lowest BCUT2D eigenvalue weighted by Crippen LogP contribution is -2.33. The van der Waals surface area contributed by atoms with Gasteiger partial charge in [-0.25, -0.2) is 0 Å². The first-order valence-electron chi connectivity index (χ1n) is 12.0. The quantitative estimate of drug-likeness (QED) is 0.454. The number of fused-ring (bicyclic) bond motifs is 3. The number of amides is 1. The predicted molar refractivity (Wildman–Crippen MR) is 136 cm³/mol. The minimum atomic E-state index is -0.00759. The Hall–Kier alpha value is -3.33. The summed E-state index contributed by atoms with van der Waals surface area (Å²) in [5, 5.41) is 6.99. The molecule has 3 unspecified atom stereocenters. The highest BCUT2D eigenvalue weighted by molar-refractivity contribution is 6.00. The zero-order chi connectivity index (χ0) is 22.9. The zero-order valence-corrected chi connectivity index (χ0v) is 19.7. The van der Waals surface area contributed by atoms with Crippen LogP contribution in [0.4, 0.5) is 5.69 Å². The van der Waals surface area contributed by atoms with Crippen molar-refractivity contribution in [1.29, 1.82) is 0 Å². The van der Waals surface area contributed by atoms with Crippen LogP contribution in [0.25, 0.3) is 0 Å². The lowest BCUT2D eigenvalue weighted by molar-refractivity contribution is 0.0954. The molecule has 3 aromatic carbocycles. The maximum atomic E-state index is 13.3. The van der Waals surface area contributed by atoms with Gasteiger partial charge in [-0.1, -0.05) is 72.3 Å². The van der Waals surface area contributed by atoms with E-state index in [0.717, 1.165) is 24.1 Å². The van der Waals surface area contributed by atoms with E-state index < -0.39 is 0 Å². The van der Waals surface area contributed by atoms with Crippen LogP contribution in [0.1, 0.15) is 62.1 Å². The molecule has 1 heterocycles. The van der Waals surface area contributed by atoms with Gasteiger partial charge in [0.05, 0.1) is 17.3 Å². The van der Waals surface area contributed by atoms with Gasteiger partial charge in [0, 0.05) is 12.5 Å². The van der Waals surface area contributed by atoms with Crippen LogP contribution in [0.15, 0.2) is 72.8 Å². The Morgan fingerprint density at radius 3 is 2.52 bits per heavy atom. The van der Waals surface area contributed by atoms with E-state index in [4.69, 9.17) is 0 Å². The van der Waals surface area contributed by atoms with Crippen molar-refractivity contribution in [1.82, 2.24) is 5.32 Å². The Kier molecular flexibility index (Phi) is 5.80. The van der Waals surface area contributed by atoms with Gasteiger partial charge in [0.15, 0.2) is 0 Å². The van der Waals surface area contributed by atoms with Crippen molar-refractivity contribution in [2.45, 2.75) is 45.6 Å². The van der Waals surface area contributed by atoms with Crippen molar-refractivity contribution in [3.05, 3.63) is 112 Å². The van der Waals surface area contributed by atoms with Crippen LogP contribution in [0.2, 0.25) is 0 Å². The molecule has 2 N–H and O–H groups in total. The van der Waals surface area contributed by atoms with E-state index in [1.165, 1.54) is 33.4 Å². The Balaban J connectivity index is 1.45. The second-order valence-corrected chi connectivity index (χ2v) is 9.55. The molecule has 0 spiro atoms. The average Bonchev–Trinajstić information content (AvgIpc) is 3.29. The molecule has 5 rings (SSSR count). The fourth-order valence-electron chi connectivity index (χ4n) is 5.84. The van der Waals surface area contributed by atoms with Crippen LogP contribution >= 0.6 is 0 Å². The van der Waals surface area contributed by atoms with E-state index in [0.29, 0.717) is 18.4 Å². The molecular formula is C30H32N2O. The highest BCUT2D eigenvalue weighted by Gasteiger charge is 2.40. The first-order chi connectivity index (χ1) is 16.0. The molecule has 3 atom stereocenters. The van der Waals surface area contributed by atoms with E-state index in [9.17, 15) is 4.79 Å². The molecule has 3 heteroatoms. The first-order valence-corrected chi connectivity index (χ1v) is 12.0. The summed E-state index contributed by atoms with van der Waals surface area (Å²) in [6.45, 7) is 7.21. The van der Waals surface area contributed by atoms with E-state index in [2.05, 4.69) is 73.9 Å². The zero-order valence-electron chi connectivity index (χ0n) is 19.7. The summed E-state index contributed by atoms with van der Waals surface area (Å²) in [7, 11) is 0. The first kappa shape index (κ1) is 21.5. The topological polar surface area (TPSA) is 41.1 Å². The second-order valence-electron chi connectivity index (χ2n) is 9.55. The number of hydrogen-bond acceptors (Lipinski definition) is 2. The van der Waals surface area contributed by atoms with Crippen LogP contribution < -0.4 is 10.6 Å². The molecule has 0 saturated heterocycles. The van der Waals surface area contributed by atoms with Crippen molar-refractivity contribution < 1.29 is 4.79 Å². The number of benzene rings is 3. The minimum Gasteiger partial charge on any atom is -0.377 e. The number of anilines is 1. The second kappa shape index (κ2) is 8.90. The van der Waals surface area contributed by atoms with Crippen LogP contribution in [-0.2, 0) is 6.42 Å². The molecule has 1 aliphatic carbocycles. The van der Waals surface area contributed by atoms with E-state index in [1.807, 2.05) is 30.3 Å². The van der Waals surface area contributed by atoms with Gasteiger partial charge in [0.2, 0.25) is 0 Å². The molecule has 1 amide bonds. The summed E-state index contributed by atoms with van der Waals surface area (Å²) >= 11 is 0. The number of rotatable bonds is 5. The minimum absolute atomic E-state index is 0.00759. The van der Waals surface area contributed by atoms with Crippen molar-refractivity contribution in [3.8, 4) is 0 Å². The van der Waals surface area contributed by atoms with Gasteiger partial charge >= 0.3 is 0 Å². The number of para-hydroxylation sites is 1. The summed E-state index contributed by atoms with van der Waals surface area (Å²) in [5.41, 5.74) is 9.53. The lowest BCUT2D eigenvalue weighted by Gasteiger charge is -2.39. The molecule has 3 nitrogen and oxygen atoms in total. The summed E-state index contributed by atoms with van der Waals surface area (Å²) in [6.07, 6.45) is 6.53. The van der Waals surface area contributed by atoms with Gasteiger partial charge in [0.1, 0.15) is 0 Å². The summed E-state index contributed by atoms with van der Waals surface area (Å²) in [4.78, 5) is 13.3. The number of nitrogens with one attached hydrogen (secondary N) is 2. The maximum Gasteiger partial charge on any atom is 0.253 e. The number of hydrogen-bond donors (Lipinski definition) is 2. The van der Waals surface area contributed by atoms with E-state index >= 15 is 0 Å². The Labute approximate surface area is 196 Å². The van der Waals surface area contributed by atoms with E-state index in [-0.39, 0.29) is 11.9 Å². The monoisotopic (exact) mass is 436 g/mol. The SMILES string of the molecule is Cc1cc(C)c(C2Nc3c(C(=O)NCCc4ccccc4)cccc3C3C=CCC32)c(C)c1. The largest absolute Gasteiger partial charge is 0.377 e. The van der Waals surface area contributed by atoms with Crippen LogP contribution in [0, 0.1) is 26.7 Å². The summed E-state index contributed by atoms with van der Waals surface area (Å²) in [5.74, 6) is 0.796. The standard InChI is InChI=1S/C30H32N2O/c1-19-17-20(2)27(21(3)18-19)29-25-13-7-11-23(25)24-12-8-14-26(28(24)32-29)30(33)31-16-15-22-9-5-4-6-10-22/h4-12,14,17-18,23,25,29,32H,13,15-16H2,1-3H3,(H,31,33). The van der Waals surface area contributed by atoms with Gasteiger partial charge in [0.25, 0.3) is 5.91 Å². The van der Waals surface area contributed by atoms with Crippen molar-refractivity contribution >= 4 is 11.6 Å². The van der Waals surface area contributed by atoms with Gasteiger partial charge in [-0.05, 0) is 73.4 Å². The molecular weight excluding hydrogens is 404 g/mol. The molecule has 168 valence electrons. The number of aryl methyl sites for hydroxylation is 3. The van der Waals surface area contributed by atoms with E-state index in [1.54, 1.807) is 0 Å². The molecule has 33 heavy (non-hydrogen) atoms. The van der Waals surface area contributed by atoms with Crippen LogP contribution in [0.5, 0.6) is 0 Å². The third kappa shape index (κ3) is 4.08. The van der Waals surface area contributed by atoms with Crippen LogP contribution in [-0.4, -0.2) is 12.5 Å². The van der Waals surface area contributed by atoms with Crippen LogP contribution in [0.3, 0.4) is 0 Å². The predicted octanol–water partition coefficient (Wildman–Crippen LogP) is 6.41. The molecule has 1 aliphatic heterocycles. The average molecular weight is 437 g/mol. The van der Waals surface area contributed by atoms with Crippen molar-refractivity contribution in [2.75, 3.05) is 11.9 Å². The fourth-order valence-corrected chi connectivity index (χ4v) is 5.84. The molecule has 3 aromatic rings. The number of allylic oxidation sites excluding steroid dienone is 2. The highest BCUT2D eigenvalue weighted by Crippen LogP contribution is 2.51. The van der Waals surface area contributed by atoms with Crippen molar-refractivity contribution in [3.63, 3.8) is 0 Å². The molecule has 0 radical (unpaired) electrons. The summed E-state index contributed by atoms with van der Waals surface area (Å²) < 4.78 is 0. The number of carbonyl (C=O) groups is 1. The van der Waals surface area contributed by atoms with Gasteiger partial charge < -0.3 is 10.6 Å². The molecule has 0 aromatic heterocycles. The smallest absolute Gasteiger partial charge is 0.253 e. The lowest BCUT2D eigenvalue weighted by atomic mass is 9.74. The van der Waals surface area contributed by atoms with Crippen molar-refractivity contribution in [2.24, 2.45) is 5.92 Å². The third-order valence-electron chi connectivity index (χ3n) is 7.23. The normalized spacial score (nSPS) is 20.6. The molecule has 2 aliphatic rings. The highest BCUT2D eigenvalue weighted by atomic mass is 16.1.